The maximum absolute atomic E-state index is 5.89. The highest BCUT2D eigenvalue weighted by Gasteiger charge is 1.95. The highest BCUT2D eigenvalue weighted by atomic mass is 35.5. The Morgan fingerprint density at radius 2 is 2.07 bits per heavy atom. The molecule has 0 radical (unpaired) electrons. The molecule has 0 amide bonds. The quantitative estimate of drug-likeness (QED) is 0.609. The second-order valence-corrected chi connectivity index (χ2v) is 4.30. The van der Waals surface area contributed by atoms with E-state index in [0.717, 1.165) is 17.0 Å². The third-order valence-electron chi connectivity index (χ3n) is 1.93. The Hall–Kier alpha value is -0.930. The number of halogens is 1. The Balaban J connectivity index is 2.83. The van der Waals surface area contributed by atoms with Gasteiger partial charge in [-0.2, -0.15) is 0 Å². The molecule has 0 unspecified atom stereocenters. The molecule has 0 spiro atoms. The van der Waals surface area contributed by atoms with Crippen LogP contribution < -0.4 is 0 Å². The molecule has 0 aliphatic rings. The van der Waals surface area contributed by atoms with Gasteiger partial charge >= 0.3 is 0 Å². The summed E-state index contributed by atoms with van der Waals surface area (Å²) in [6, 6.07) is 5.82. The van der Waals surface area contributed by atoms with Gasteiger partial charge in [0, 0.05) is 17.0 Å². The van der Waals surface area contributed by atoms with Gasteiger partial charge in [0.2, 0.25) is 0 Å². The van der Waals surface area contributed by atoms with E-state index in [0.29, 0.717) is 5.92 Å². The number of hydrogen-bond donors (Lipinski definition) is 0. The van der Waals surface area contributed by atoms with Gasteiger partial charge in [-0.1, -0.05) is 43.4 Å². The van der Waals surface area contributed by atoms with E-state index in [1.807, 2.05) is 18.2 Å². The largest absolute Gasteiger partial charge is 0.0976 e. The third kappa shape index (κ3) is 3.44. The van der Waals surface area contributed by atoms with Crippen molar-refractivity contribution in [2.75, 3.05) is 0 Å². The Bertz CT molecular complexity index is 367. The highest BCUT2D eigenvalue weighted by molar-refractivity contribution is 6.30. The smallest absolute Gasteiger partial charge is 0.0418 e. The highest BCUT2D eigenvalue weighted by Crippen LogP contribution is 2.14. The molecule has 0 saturated carbocycles. The van der Waals surface area contributed by atoms with Crippen LogP contribution in [0.15, 0.2) is 18.2 Å². The van der Waals surface area contributed by atoms with Crippen LogP contribution in [-0.4, -0.2) is 0 Å². The summed E-state index contributed by atoms with van der Waals surface area (Å²) in [6.07, 6.45) is 0.936. The van der Waals surface area contributed by atoms with Crippen molar-refractivity contribution in [1.82, 2.24) is 0 Å². The molecule has 0 atom stereocenters. The van der Waals surface area contributed by atoms with Crippen molar-refractivity contribution in [3.8, 4) is 11.8 Å². The molecule has 0 aliphatic carbocycles. The summed E-state index contributed by atoms with van der Waals surface area (Å²) in [5.41, 5.74) is 2.23. The Morgan fingerprint density at radius 1 is 1.36 bits per heavy atom. The number of hydrogen-bond acceptors (Lipinski definition) is 0. The molecule has 0 N–H and O–H groups in total. The fraction of sp³-hybridized carbons (Fsp3) is 0.385. The van der Waals surface area contributed by atoms with Gasteiger partial charge in [0.05, 0.1) is 0 Å². The van der Waals surface area contributed by atoms with Crippen LogP contribution in [0.25, 0.3) is 0 Å². The summed E-state index contributed by atoms with van der Waals surface area (Å²) in [6.45, 7) is 6.38. The first kappa shape index (κ1) is 11.1. The third-order valence-corrected chi connectivity index (χ3v) is 2.17. The first-order valence-corrected chi connectivity index (χ1v) is 5.22. The molecule has 0 heterocycles. The molecule has 74 valence electrons. The van der Waals surface area contributed by atoms with Gasteiger partial charge in [-0.15, -0.1) is 0 Å². The molecule has 0 nitrogen and oxygen atoms in total. The first-order valence-electron chi connectivity index (χ1n) is 4.84. The van der Waals surface area contributed by atoms with Gasteiger partial charge in [-0.25, -0.2) is 0 Å². The molecule has 0 saturated heterocycles. The number of benzene rings is 1. The molecule has 0 bridgehead atoms. The minimum atomic E-state index is 0.627. The van der Waals surface area contributed by atoms with Crippen molar-refractivity contribution in [2.45, 2.75) is 27.2 Å². The summed E-state index contributed by atoms with van der Waals surface area (Å²) >= 11 is 5.89. The molecule has 1 aromatic rings. The normalized spacial score (nSPS) is 9.79. The lowest BCUT2D eigenvalue weighted by atomic mass is 10.1. The van der Waals surface area contributed by atoms with Gasteiger partial charge in [0.1, 0.15) is 0 Å². The molecule has 0 aliphatic heterocycles. The van der Waals surface area contributed by atoms with Crippen molar-refractivity contribution in [3.63, 3.8) is 0 Å². The van der Waals surface area contributed by atoms with E-state index in [-0.39, 0.29) is 0 Å². The molecule has 0 aromatic heterocycles. The van der Waals surface area contributed by atoms with Gasteiger partial charge in [-0.3, -0.25) is 0 Å². The van der Waals surface area contributed by atoms with Crippen molar-refractivity contribution in [1.29, 1.82) is 0 Å². The Labute approximate surface area is 91.3 Å². The second kappa shape index (κ2) is 5.08. The van der Waals surface area contributed by atoms with E-state index in [1.165, 1.54) is 5.56 Å². The maximum atomic E-state index is 5.89. The predicted molar refractivity (Wildman–Crippen MR) is 62.5 cm³/mol. The van der Waals surface area contributed by atoms with Crippen molar-refractivity contribution in [2.24, 2.45) is 5.92 Å². The molecule has 0 fully saturated rings. The molecule has 14 heavy (non-hydrogen) atoms. The fourth-order valence-corrected chi connectivity index (χ4v) is 1.25. The zero-order valence-electron chi connectivity index (χ0n) is 8.89. The van der Waals surface area contributed by atoms with Crippen LogP contribution in [0, 0.1) is 24.7 Å². The predicted octanol–water partition coefficient (Wildman–Crippen LogP) is 4.05. The topological polar surface area (TPSA) is 0 Å². The van der Waals surface area contributed by atoms with E-state index in [9.17, 15) is 0 Å². The molecular formula is C13H15Cl. The zero-order chi connectivity index (χ0) is 10.6. The van der Waals surface area contributed by atoms with Crippen molar-refractivity contribution >= 4 is 11.6 Å². The lowest BCUT2D eigenvalue weighted by Gasteiger charge is -1.98. The van der Waals surface area contributed by atoms with Crippen LogP contribution in [0.2, 0.25) is 5.02 Å². The Kier molecular flexibility index (Phi) is 4.04. The monoisotopic (exact) mass is 206 g/mol. The SMILES string of the molecule is Cc1ccc(Cl)cc1C#CCC(C)C. The van der Waals surface area contributed by atoms with Crippen LogP contribution in [0.5, 0.6) is 0 Å². The average Bonchev–Trinajstić information content (AvgIpc) is 2.10. The van der Waals surface area contributed by atoms with Gasteiger partial charge in [0.15, 0.2) is 0 Å². The summed E-state index contributed by atoms with van der Waals surface area (Å²) in [4.78, 5) is 0. The minimum absolute atomic E-state index is 0.627. The fourth-order valence-electron chi connectivity index (χ4n) is 1.08. The Morgan fingerprint density at radius 3 is 2.71 bits per heavy atom. The zero-order valence-corrected chi connectivity index (χ0v) is 9.65. The van der Waals surface area contributed by atoms with E-state index in [4.69, 9.17) is 11.6 Å². The van der Waals surface area contributed by atoms with E-state index >= 15 is 0 Å². The number of aryl methyl sites for hydroxylation is 1. The number of rotatable bonds is 1. The van der Waals surface area contributed by atoms with Crippen LogP contribution in [0.3, 0.4) is 0 Å². The van der Waals surface area contributed by atoms with Gasteiger partial charge in [0.25, 0.3) is 0 Å². The minimum Gasteiger partial charge on any atom is -0.0976 e. The van der Waals surface area contributed by atoms with Gasteiger partial charge < -0.3 is 0 Å². The van der Waals surface area contributed by atoms with Crippen LogP contribution >= 0.6 is 11.6 Å². The lowest BCUT2D eigenvalue weighted by molar-refractivity contribution is 0.676. The molecule has 1 rings (SSSR count). The average molecular weight is 207 g/mol. The second-order valence-electron chi connectivity index (χ2n) is 3.86. The maximum Gasteiger partial charge on any atom is 0.0418 e. The molecule has 1 heteroatoms. The molecule has 1 aromatic carbocycles. The summed E-state index contributed by atoms with van der Waals surface area (Å²) in [5, 5.41) is 0.754. The summed E-state index contributed by atoms with van der Waals surface area (Å²) in [7, 11) is 0. The summed E-state index contributed by atoms with van der Waals surface area (Å²) in [5.74, 6) is 6.94. The van der Waals surface area contributed by atoms with Crippen molar-refractivity contribution in [3.05, 3.63) is 34.3 Å². The van der Waals surface area contributed by atoms with E-state index in [2.05, 4.69) is 32.6 Å². The lowest BCUT2D eigenvalue weighted by Crippen LogP contribution is -1.84. The van der Waals surface area contributed by atoms with Crippen LogP contribution in [0.4, 0.5) is 0 Å². The van der Waals surface area contributed by atoms with E-state index < -0.39 is 0 Å². The summed E-state index contributed by atoms with van der Waals surface area (Å²) < 4.78 is 0. The van der Waals surface area contributed by atoms with Crippen LogP contribution in [0.1, 0.15) is 31.4 Å². The standard InChI is InChI=1S/C13H15Cl/c1-10(2)5-4-6-12-9-13(14)8-7-11(12)3/h7-10H,5H2,1-3H3. The van der Waals surface area contributed by atoms with Crippen molar-refractivity contribution < 1.29 is 0 Å². The first-order chi connectivity index (χ1) is 6.59. The van der Waals surface area contributed by atoms with Crippen LogP contribution in [-0.2, 0) is 0 Å². The van der Waals surface area contributed by atoms with E-state index in [1.54, 1.807) is 0 Å². The van der Waals surface area contributed by atoms with Gasteiger partial charge in [-0.05, 0) is 30.5 Å². The molecular weight excluding hydrogens is 192 g/mol.